The minimum absolute atomic E-state index is 0.0410. The third kappa shape index (κ3) is 3.79. The highest BCUT2D eigenvalue weighted by atomic mass is 16.3. The highest BCUT2D eigenvalue weighted by Crippen LogP contribution is 2.67. The van der Waals surface area contributed by atoms with Gasteiger partial charge in [-0.05, 0) is 116 Å². The lowest BCUT2D eigenvalue weighted by atomic mass is 9.46. The molecule has 0 heterocycles. The molecule has 0 spiro atoms. The molecular formula is C29H46O2. The van der Waals surface area contributed by atoms with Crippen LogP contribution in [0.1, 0.15) is 99.3 Å². The first-order chi connectivity index (χ1) is 14.6. The van der Waals surface area contributed by atoms with Gasteiger partial charge in [0.25, 0.3) is 0 Å². The van der Waals surface area contributed by atoms with Gasteiger partial charge in [0.2, 0.25) is 0 Å². The van der Waals surface area contributed by atoms with Gasteiger partial charge in [0, 0.05) is 6.42 Å². The first-order valence-corrected chi connectivity index (χ1v) is 13.2. The fourth-order valence-corrected chi connectivity index (χ4v) is 8.94. The molecule has 2 nitrogen and oxygen atoms in total. The fourth-order valence-electron chi connectivity index (χ4n) is 8.94. The lowest BCUT2D eigenvalue weighted by molar-refractivity contribution is -0.119. The Bertz CT molecular complexity index is 761. The molecule has 31 heavy (non-hydrogen) atoms. The van der Waals surface area contributed by atoms with Crippen molar-refractivity contribution in [2.75, 3.05) is 0 Å². The second kappa shape index (κ2) is 8.47. The highest BCUT2D eigenvalue weighted by Gasteiger charge is 2.60. The van der Waals surface area contributed by atoms with Crippen molar-refractivity contribution in [2.24, 2.45) is 46.3 Å². The number of hydrogen-bond acceptors (Lipinski definition) is 2. The van der Waals surface area contributed by atoms with E-state index >= 15 is 0 Å². The van der Waals surface area contributed by atoms with Crippen molar-refractivity contribution < 1.29 is 9.90 Å². The number of allylic oxidation sites excluding steroid dienone is 2. The Labute approximate surface area is 191 Å². The first-order valence-electron chi connectivity index (χ1n) is 13.2. The quantitative estimate of drug-likeness (QED) is 0.475. The molecule has 0 aliphatic heterocycles. The van der Waals surface area contributed by atoms with Crippen LogP contribution in [0.15, 0.2) is 23.3 Å². The lowest BCUT2D eigenvalue weighted by Gasteiger charge is -2.59. The molecule has 3 fully saturated rings. The summed E-state index contributed by atoms with van der Waals surface area (Å²) in [6.45, 7) is 14.3. The summed E-state index contributed by atoms with van der Waals surface area (Å²) in [7, 11) is 0. The fraction of sp³-hybridized carbons (Fsp3) is 0.828. The summed E-state index contributed by atoms with van der Waals surface area (Å²) < 4.78 is 0. The summed E-state index contributed by atoms with van der Waals surface area (Å²) >= 11 is 0. The number of aliphatic hydroxyl groups is 1. The standard InChI is InChI=1S/C29H46O2/c1-7-20(18(2)3)9-8-19(4)23-10-11-24-22-17-27(31)26-16-21(30)12-14-29(26,6)25(22)13-15-28(23,24)5/h7,16,18-19,22-25,27,31H,8-15,17H2,1-6H3/b20-7+/t19-,22+,23-,24+,25+,27-,28-,29-/m1/s1. The van der Waals surface area contributed by atoms with Crippen molar-refractivity contribution in [1.29, 1.82) is 0 Å². The van der Waals surface area contributed by atoms with Crippen molar-refractivity contribution in [2.45, 2.75) is 105 Å². The van der Waals surface area contributed by atoms with Crippen LogP contribution in [0.3, 0.4) is 0 Å². The maximum atomic E-state index is 12.1. The normalized spacial score (nSPS) is 43.9. The largest absolute Gasteiger partial charge is 0.389 e. The van der Waals surface area contributed by atoms with E-state index in [2.05, 4.69) is 47.6 Å². The summed E-state index contributed by atoms with van der Waals surface area (Å²) in [6, 6.07) is 0. The van der Waals surface area contributed by atoms with Crippen molar-refractivity contribution in [3.05, 3.63) is 23.3 Å². The summed E-state index contributed by atoms with van der Waals surface area (Å²) in [6.07, 6.45) is 14.1. The summed E-state index contributed by atoms with van der Waals surface area (Å²) in [5, 5.41) is 11.1. The predicted octanol–water partition coefficient (Wildman–Crippen LogP) is 7.12. The molecule has 1 N–H and O–H groups in total. The highest BCUT2D eigenvalue weighted by molar-refractivity contribution is 5.91. The minimum Gasteiger partial charge on any atom is -0.389 e. The monoisotopic (exact) mass is 426 g/mol. The Kier molecular flexibility index (Phi) is 6.36. The zero-order valence-electron chi connectivity index (χ0n) is 20.9. The maximum absolute atomic E-state index is 12.1. The van der Waals surface area contributed by atoms with Crippen LogP contribution in [0.5, 0.6) is 0 Å². The smallest absolute Gasteiger partial charge is 0.155 e. The number of hydrogen-bond donors (Lipinski definition) is 1. The first kappa shape index (κ1) is 23.3. The third-order valence-corrected chi connectivity index (χ3v) is 10.7. The van der Waals surface area contributed by atoms with Gasteiger partial charge in [0.1, 0.15) is 0 Å². The molecule has 4 aliphatic carbocycles. The molecule has 2 heteroatoms. The van der Waals surface area contributed by atoms with Crippen molar-refractivity contribution in [3.63, 3.8) is 0 Å². The molecule has 0 saturated heterocycles. The molecule has 0 aromatic rings. The predicted molar refractivity (Wildman–Crippen MR) is 129 cm³/mol. The van der Waals surface area contributed by atoms with Gasteiger partial charge in [-0.2, -0.15) is 0 Å². The Hall–Kier alpha value is -0.890. The van der Waals surface area contributed by atoms with E-state index in [1.807, 2.05) is 6.08 Å². The van der Waals surface area contributed by atoms with E-state index in [0.717, 1.165) is 36.2 Å². The summed E-state index contributed by atoms with van der Waals surface area (Å²) in [4.78, 5) is 12.1. The average molecular weight is 427 g/mol. The van der Waals surface area contributed by atoms with E-state index in [-0.39, 0.29) is 11.2 Å². The van der Waals surface area contributed by atoms with Crippen LogP contribution in [0.25, 0.3) is 0 Å². The van der Waals surface area contributed by atoms with Gasteiger partial charge in [-0.25, -0.2) is 0 Å². The van der Waals surface area contributed by atoms with Gasteiger partial charge in [0.15, 0.2) is 5.78 Å². The summed E-state index contributed by atoms with van der Waals surface area (Å²) in [5.74, 6) is 4.50. The van der Waals surface area contributed by atoms with Gasteiger partial charge in [-0.15, -0.1) is 0 Å². The van der Waals surface area contributed by atoms with E-state index in [1.165, 1.54) is 38.5 Å². The molecule has 0 bridgehead atoms. The molecule has 0 amide bonds. The Morgan fingerprint density at radius 1 is 1.16 bits per heavy atom. The Morgan fingerprint density at radius 3 is 2.58 bits per heavy atom. The molecule has 0 radical (unpaired) electrons. The second-order valence-corrected chi connectivity index (χ2v) is 12.4. The number of aliphatic hydroxyl groups excluding tert-OH is 1. The SMILES string of the molecule is C/C=C(\CC[C@@H](C)[C@H]1CC[C@H]2[C@@H]3C[C@@H](O)C4=CC(=O)CC[C@]4(C)[C@H]3CC[C@]12C)C(C)C. The molecular weight excluding hydrogens is 380 g/mol. The van der Waals surface area contributed by atoms with E-state index < -0.39 is 6.10 Å². The number of fused-ring (bicyclic) bond motifs is 5. The van der Waals surface area contributed by atoms with Crippen molar-refractivity contribution >= 4 is 5.78 Å². The van der Waals surface area contributed by atoms with Gasteiger partial charge < -0.3 is 5.11 Å². The van der Waals surface area contributed by atoms with E-state index in [0.29, 0.717) is 29.6 Å². The molecule has 4 rings (SSSR count). The molecule has 4 aliphatic rings. The van der Waals surface area contributed by atoms with Crippen molar-refractivity contribution in [3.8, 4) is 0 Å². The molecule has 0 aromatic carbocycles. The van der Waals surface area contributed by atoms with Crippen LogP contribution in [-0.2, 0) is 4.79 Å². The van der Waals surface area contributed by atoms with E-state index in [1.54, 1.807) is 5.57 Å². The zero-order valence-corrected chi connectivity index (χ0v) is 20.9. The van der Waals surface area contributed by atoms with Crippen molar-refractivity contribution in [1.82, 2.24) is 0 Å². The lowest BCUT2D eigenvalue weighted by Crippen LogP contribution is -2.54. The topological polar surface area (TPSA) is 37.3 Å². The Balaban J connectivity index is 1.52. The van der Waals surface area contributed by atoms with Crippen LogP contribution in [-0.4, -0.2) is 17.0 Å². The number of ketones is 1. The van der Waals surface area contributed by atoms with Gasteiger partial charge in [-0.3, -0.25) is 4.79 Å². The van der Waals surface area contributed by atoms with Crippen LogP contribution < -0.4 is 0 Å². The molecule has 8 atom stereocenters. The average Bonchev–Trinajstić information content (AvgIpc) is 3.07. The van der Waals surface area contributed by atoms with Crippen LogP contribution in [0.4, 0.5) is 0 Å². The van der Waals surface area contributed by atoms with Crippen LogP contribution in [0.2, 0.25) is 0 Å². The summed E-state index contributed by atoms with van der Waals surface area (Å²) in [5.41, 5.74) is 3.16. The molecule has 0 aromatic heterocycles. The van der Waals surface area contributed by atoms with E-state index in [4.69, 9.17) is 0 Å². The maximum Gasteiger partial charge on any atom is 0.155 e. The third-order valence-electron chi connectivity index (χ3n) is 10.7. The van der Waals surface area contributed by atoms with Crippen LogP contribution in [0, 0.1) is 46.3 Å². The zero-order chi connectivity index (χ0) is 22.6. The minimum atomic E-state index is -0.405. The molecule has 174 valence electrons. The number of rotatable bonds is 5. The molecule has 3 saturated carbocycles. The van der Waals surface area contributed by atoms with E-state index in [9.17, 15) is 9.90 Å². The number of carbonyl (C=O) groups excluding carboxylic acids is 1. The van der Waals surface area contributed by atoms with Crippen LogP contribution >= 0.6 is 0 Å². The Morgan fingerprint density at radius 2 is 1.90 bits per heavy atom. The van der Waals surface area contributed by atoms with Gasteiger partial charge in [-0.1, -0.05) is 46.3 Å². The molecule has 0 unspecified atom stereocenters. The van der Waals surface area contributed by atoms with Gasteiger partial charge >= 0.3 is 0 Å². The second-order valence-electron chi connectivity index (χ2n) is 12.4. The number of carbonyl (C=O) groups is 1. The van der Waals surface area contributed by atoms with Gasteiger partial charge in [0.05, 0.1) is 6.10 Å².